The van der Waals surface area contributed by atoms with Crippen LogP contribution in [0, 0.1) is 5.92 Å². The Labute approximate surface area is 159 Å². The minimum atomic E-state index is -3.32. The SMILES string of the molecule is CC(C)C(NC(=O)c1ccc2c(c1)CC(C)N2S(C)(=O)=O)c1cccs1. The summed E-state index contributed by atoms with van der Waals surface area (Å²) in [5.74, 6) is 0.137. The first-order chi connectivity index (χ1) is 12.2. The Hall–Kier alpha value is -1.86. The number of benzene rings is 1. The molecule has 2 aromatic rings. The van der Waals surface area contributed by atoms with Crippen LogP contribution in [0.15, 0.2) is 35.7 Å². The molecule has 1 aromatic carbocycles. The van der Waals surface area contributed by atoms with Crippen LogP contribution in [0.5, 0.6) is 0 Å². The lowest BCUT2D eigenvalue weighted by atomic mass is 10.0. The molecule has 7 heteroatoms. The van der Waals surface area contributed by atoms with E-state index < -0.39 is 10.0 Å². The molecule has 1 aromatic heterocycles. The van der Waals surface area contributed by atoms with Crippen molar-refractivity contribution in [2.75, 3.05) is 10.6 Å². The Morgan fingerprint density at radius 1 is 1.31 bits per heavy atom. The first-order valence-corrected chi connectivity index (χ1v) is 11.4. The molecule has 0 spiro atoms. The molecule has 0 saturated heterocycles. The lowest BCUT2D eigenvalue weighted by molar-refractivity contribution is 0.0926. The van der Waals surface area contributed by atoms with Crippen molar-refractivity contribution < 1.29 is 13.2 Å². The minimum Gasteiger partial charge on any atom is -0.344 e. The summed E-state index contributed by atoms with van der Waals surface area (Å²) in [6.07, 6.45) is 1.83. The van der Waals surface area contributed by atoms with Crippen molar-refractivity contribution in [3.63, 3.8) is 0 Å². The predicted molar refractivity (Wildman–Crippen MR) is 106 cm³/mol. The highest BCUT2D eigenvalue weighted by Crippen LogP contribution is 2.35. The van der Waals surface area contributed by atoms with Gasteiger partial charge in [0.05, 0.1) is 18.0 Å². The average Bonchev–Trinajstić information content (AvgIpc) is 3.16. The molecule has 0 bridgehead atoms. The van der Waals surface area contributed by atoms with Crippen molar-refractivity contribution in [2.45, 2.75) is 39.3 Å². The fraction of sp³-hybridized carbons (Fsp3) is 0.421. The molecule has 140 valence electrons. The third-order valence-electron chi connectivity index (χ3n) is 4.66. The third kappa shape index (κ3) is 3.64. The second-order valence-electron chi connectivity index (χ2n) is 7.17. The number of anilines is 1. The lowest BCUT2D eigenvalue weighted by Crippen LogP contribution is -2.34. The van der Waals surface area contributed by atoms with E-state index in [1.54, 1.807) is 23.5 Å². The molecule has 1 N–H and O–H groups in total. The second-order valence-corrected chi connectivity index (χ2v) is 10.0. The number of hydrogen-bond acceptors (Lipinski definition) is 4. The minimum absolute atomic E-state index is 0.0396. The number of thiophene rings is 1. The zero-order valence-electron chi connectivity index (χ0n) is 15.4. The zero-order valence-corrected chi connectivity index (χ0v) is 17.0. The van der Waals surface area contributed by atoms with E-state index in [0.29, 0.717) is 17.7 Å². The number of rotatable bonds is 5. The molecule has 0 aliphatic carbocycles. The topological polar surface area (TPSA) is 66.5 Å². The number of nitrogens with one attached hydrogen (secondary N) is 1. The van der Waals surface area contributed by atoms with Crippen LogP contribution in [0.4, 0.5) is 5.69 Å². The van der Waals surface area contributed by atoms with Crippen molar-refractivity contribution >= 4 is 33.0 Å². The van der Waals surface area contributed by atoms with Gasteiger partial charge in [-0.25, -0.2) is 8.42 Å². The van der Waals surface area contributed by atoms with E-state index in [4.69, 9.17) is 0 Å². The summed E-state index contributed by atoms with van der Waals surface area (Å²) in [6.45, 7) is 6.05. The summed E-state index contributed by atoms with van der Waals surface area (Å²) < 4.78 is 25.5. The number of carbonyl (C=O) groups is 1. The molecular formula is C19H24N2O3S2. The number of sulfonamides is 1. The summed E-state index contributed by atoms with van der Waals surface area (Å²) in [4.78, 5) is 13.9. The summed E-state index contributed by atoms with van der Waals surface area (Å²) in [7, 11) is -3.32. The molecule has 26 heavy (non-hydrogen) atoms. The molecular weight excluding hydrogens is 368 g/mol. The Bertz CT molecular complexity index is 905. The predicted octanol–water partition coefficient (Wildman–Crippen LogP) is 3.59. The molecule has 2 unspecified atom stereocenters. The van der Waals surface area contributed by atoms with E-state index in [1.165, 1.54) is 10.6 Å². The molecule has 0 radical (unpaired) electrons. The average molecular weight is 393 g/mol. The fourth-order valence-corrected chi connectivity index (χ4v) is 5.72. The quantitative estimate of drug-likeness (QED) is 0.846. The van der Waals surface area contributed by atoms with Gasteiger partial charge < -0.3 is 5.32 Å². The third-order valence-corrected chi connectivity index (χ3v) is 6.88. The Kier molecular flexibility index (Phi) is 5.12. The monoisotopic (exact) mass is 392 g/mol. The number of carbonyl (C=O) groups excluding carboxylic acids is 1. The van der Waals surface area contributed by atoms with Crippen molar-refractivity contribution in [2.24, 2.45) is 5.92 Å². The Balaban J connectivity index is 1.85. The van der Waals surface area contributed by atoms with Crippen LogP contribution in [-0.4, -0.2) is 26.6 Å². The van der Waals surface area contributed by atoms with E-state index in [2.05, 4.69) is 19.2 Å². The van der Waals surface area contributed by atoms with E-state index >= 15 is 0 Å². The lowest BCUT2D eigenvalue weighted by Gasteiger charge is -2.22. The molecule has 1 aliphatic heterocycles. The maximum atomic E-state index is 12.8. The van der Waals surface area contributed by atoms with Gasteiger partial charge in [0.2, 0.25) is 10.0 Å². The molecule has 1 amide bonds. The van der Waals surface area contributed by atoms with Gasteiger partial charge in [-0.05, 0) is 54.5 Å². The summed E-state index contributed by atoms with van der Waals surface area (Å²) in [5.41, 5.74) is 2.14. The second kappa shape index (κ2) is 7.04. The van der Waals surface area contributed by atoms with Gasteiger partial charge in [-0.15, -0.1) is 11.3 Å². The van der Waals surface area contributed by atoms with Crippen LogP contribution in [0.3, 0.4) is 0 Å². The summed E-state index contributed by atoms with van der Waals surface area (Å²) >= 11 is 1.63. The molecule has 5 nitrogen and oxygen atoms in total. The van der Waals surface area contributed by atoms with Crippen molar-refractivity contribution in [3.05, 3.63) is 51.7 Å². The summed E-state index contributed by atoms with van der Waals surface area (Å²) in [5, 5.41) is 5.13. The first-order valence-electron chi connectivity index (χ1n) is 8.65. The van der Waals surface area contributed by atoms with Gasteiger partial charge >= 0.3 is 0 Å². The number of hydrogen-bond donors (Lipinski definition) is 1. The van der Waals surface area contributed by atoms with Gasteiger partial charge in [0.1, 0.15) is 0 Å². The van der Waals surface area contributed by atoms with Gasteiger partial charge in [-0.2, -0.15) is 0 Å². The molecule has 3 rings (SSSR count). The van der Waals surface area contributed by atoms with Gasteiger partial charge in [0.25, 0.3) is 5.91 Å². The van der Waals surface area contributed by atoms with E-state index in [1.807, 2.05) is 30.5 Å². The van der Waals surface area contributed by atoms with E-state index in [9.17, 15) is 13.2 Å². The van der Waals surface area contributed by atoms with Gasteiger partial charge in [-0.1, -0.05) is 19.9 Å². The largest absolute Gasteiger partial charge is 0.344 e. The Morgan fingerprint density at radius 3 is 2.62 bits per heavy atom. The van der Waals surface area contributed by atoms with Crippen molar-refractivity contribution in [3.8, 4) is 0 Å². The molecule has 0 fully saturated rings. The normalized spacial score (nSPS) is 18.0. The van der Waals surface area contributed by atoms with Gasteiger partial charge in [0.15, 0.2) is 0 Å². The van der Waals surface area contributed by atoms with Crippen LogP contribution in [-0.2, 0) is 16.4 Å². The maximum absolute atomic E-state index is 12.8. The number of amides is 1. The van der Waals surface area contributed by atoms with Crippen LogP contribution < -0.4 is 9.62 Å². The van der Waals surface area contributed by atoms with Gasteiger partial charge in [-0.3, -0.25) is 9.10 Å². The molecule has 0 saturated carbocycles. The van der Waals surface area contributed by atoms with Crippen LogP contribution in [0.2, 0.25) is 0 Å². The summed E-state index contributed by atoms with van der Waals surface area (Å²) in [6, 6.07) is 9.11. The molecule has 1 aliphatic rings. The van der Waals surface area contributed by atoms with E-state index in [-0.39, 0.29) is 23.9 Å². The molecule has 2 heterocycles. The van der Waals surface area contributed by atoms with Crippen molar-refractivity contribution in [1.29, 1.82) is 0 Å². The fourth-order valence-electron chi connectivity index (χ4n) is 3.51. The standard InChI is InChI=1S/C19H24N2O3S2/c1-12(2)18(17-6-5-9-25-17)20-19(22)14-7-8-16-15(11-14)10-13(3)21(16)26(4,23)24/h5-9,11-13,18H,10H2,1-4H3,(H,20,22). The highest BCUT2D eigenvalue weighted by atomic mass is 32.2. The highest BCUT2D eigenvalue weighted by Gasteiger charge is 2.33. The first kappa shape index (κ1) is 18.9. The number of fused-ring (bicyclic) bond motifs is 1. The van der Waals surface area contributed by atoms with Crippen LogP contribution in [0.1, 0.15) is 47.6 Å². The van der Waals surface area contributed by atoms with Crippen LogP contribution in [0.25, 0.3) is 0 Å². The van der Waals surface area contributed by atoms with Gasteiger partial charge in [0, 0.05) is 16.5 Å². The maximum Gasteiger partial charge on any atom is 0.251 e. The van der Waals surface area contributed by atoms with Crippen molar-refractivity contribution in [1.82, 2.24) is 5.32 Å². The zero-order chi connectivity index (χ0) is 19.1. The molecule has 2 atom stereocenters. The Morgan fingerprint density at radius 2 is 2.04 bits per heavy atom. The smallest absolute Gasteiger partial charge is 0.251 e. The van der Waals surface area contributed by atoms with Crippen LogP contribution >= 0.6 is 11.3 Å². The number of nitrogens with zero attached hydrogens (tertiary/aromatic N) is 1. The van der Waals surface area contributed by atoms with E-state index in [0.717, 1.165) is 10.4 Å². The highest BCUT2D eigenvalue weighted by molar-refractivity contribution is 7.92.